The van der Waals surface area contributed by atoms with Gasteiger partial charge in [-0.15, -0.1) is 0 Å². The fraction of sp³-hybridized carbons (Fsp3) is 0.562. The van der Waals surface area contributed by atoms with Crippen LogP contribution in [0.2, 0.25) is 0 Å². The van der Waals surface area contributed by atoms with Gasteiger partial charge in [0.1, 0.15) is 0 Å². The minimum Gasteiger partial charge on any atom is -0.490 e. The van der Waals surface area contributed by atoms with Crippen LogP contribution in [0.5, 0.6) is 5.75 Å². The molecule has 130 valence electrons. The number of amides is 1. The minimum atomic E-state index is -0.549. The lowest BCUT2D eigenvalue weighted by molar-refractivity contribution is -0.385. The first-order valence-electron chi connectivity index (χ1n) is 7.98. The quantitative estimate of drug-likeness (QED) is 0.617. The number of carbonyl (C=O) groups is 1. The standard InChI is InChI=1S/C16H20N2O6/c1-22-14-6-5-11(10-13(14)18(20)21)15(19)17-7-3-2-4-12(17)16-23-8-9-24-16/h5-6,10,12,16H,2-4,7-9H2,1H3. The van der Waals surface area contributed by atoms with Crippen LogP contribution in [0.4, 0.5) is 5.69 Å². The predicted octanol–water partition coefficient (Wildman–Crippen LogP) is 1.97. The maximum Gasteiger partial charge on any atom is 0.311 e. The van der Waals surface area contributed by atoms with Gasteiger partial charge in [-0.2, -0.15) is 0 Å². The van der Waals surface area contributed by atoms with Crippen LogP contribution in [0.1, 0.15) is 29.6 Å². The molecule has 2 aliphatic heterocycles. The summed E-state index contributed by atoms with van der Waals surface area (Å²) in [6.45, 7) is 1.64. The van der Waals surface area contributed by atoms with Crippen LogP contribution in [0.3, 0.4) is 0 Å². The molecule has 2 aliphatic rings. The molecule has 3 rings (SSSR count). The Hall–Kier alpha value is -2.19. The van der Waals surface area contributed by atoms with Crippen LogP contribution in [0.25, 0.3) is 0 Å². The van der Waals surface area contributed by atoms with Crippen LogP contribution >= 0.6 is 0 Å². The molecule has 0 N–H and O–H groups in total. The zero-order valence-corrected chi connectivity index (χ0v) is 13.5. The summed E-state index contributed by atoms with van der Waals surface area (Å²) in [4.78, 5) is 25.2. The van der Waals surface area contributed by atoms with Gasteiger partial charge in [-0.3, -0.25) is 14.9 Å². The summed E-state index contributed by atoms with van der Waals surface area (Å²) in [6.07, 6.45) is 2.28. The lowest BCUT2D eigenvalue weighted by atomic mass is 10.00. The molecule has 2 fully saturated rings. The lowest BCUT2D eigenvalue weighted by Gasteiger charge is -2.38. The topological polar surface area (TPSA) is 91.1 Å². The second-order valence-corrected chi connectivity index (χ2v) is 5.82. The average Bonchev–Trinajstić information content (AvgIpc) is 3.15. The van der Waals surface area contributed by atoms with Gasteiger partial charge < -0.3 is 19.1 Å². The van der Waals surface area contributed by atoms with E-state index in [4.69, 9.17) is 14.2 Å². The molecule has 2 saturated heterocycles. The number of nitrogens with zero attached hydrogens (tertiary/aromatic N) is 2. The predicted molar refractivity (Wildman–Crippen MR) is 84.0 cm³/mol. The molecule has 0 aromatic heterocycles. The number of ether oxygens (including phenoxy) is 3. The van der Waals surface area contributed by atoms with Crippen molar-refractivity contribution < 1.29 is 23.9 Å². The summed E-state index contributed by atoms with van der Waals surface area (Å²) in [7, 11) is 1.36. The number of nitro groups is 1. The highest BCUT2D eigenvalue weighted by Crippen LogP contribution is 2.30. The van der Waals surface area contributed by atoms with Crippen molar-refractivity contribution in [1.82, 2.24) is 4.90 Å². The highest BCUT2D eigenvalue weighted by atomic mass is 16.7. The van der Waals surface area contributed by atoms with E-state index in [1.165, 1.54) is 19.2 Å². The summed E-state index contributed by atoms with van der Waals surface area (Å²) >= 11 is 0. The van der Waals surface area contributed by atoms with Crippen LogP contribution in [0, 0.1) is 10.1 Å². The second kappa shape index (κ2) is 7.14. The van der Waals surface area contributed by atoms with E-state index in [9.17, 15) is 14.9 Å². The van der Waals surface area contributed by atoms with Crippen LogP contribution in [0.15, 0.2) is 18.2 Å². The Morgan fingerprint density at radius 1 is 1.33 bits per heavy atom. The number of methoxy groups -OCH3 is 1. The molecular weight excluding hydrogens is 316 g/mol. The van der Waals surface area contributed by atoms with Crippen molar-refractivity contribution in [2.75, 3.05) is 26.9 Å². The van der Waals surface area contributed by atoms with E-state index in [0.717, 1.165) is 19.3 Å². The van der Waals surface area contributed by atoms with Gasteiger partial charge in [0.15, 0.2) is 12.0 Å². The number of hydrogen-bond acceptors (Lipinski definition) is 6. The third-order valence-electron chi connectivity index (χ3n) is 4.39. The van der Waals surface area contributed by atoms with Gasteiger partial charge in [0, 0.05) is 18.2 Å². The maximum atomic E-state index is 12.9. The van der Waals surface area contributed by atoms with Crippen molar-refractivity contribution >= 4 is 11.6 Å². The molecule has 8 heteroatoms. The van der Waals surface area contributed by atoms with Crippen molar-refractivity contribution in [2.24, 2.45) is 0 Å². The van der Waals surface area contributed by atoms with Gasteiger partial charge in [0.25, 0.3) is 5.91 Å². The summed E-state index contributed by atoms with van der Waals surface area (Å²) in [6, 6.07) is 4.11. The molecule has 1 aromatic rings. The molecule has 0 saturated carbocycles. The third-order valence-corrected chi connectivity index (χ3v) is 4.39. The third kappa shape index (κ3) is 3.20. The van der Waals surface area contributed by atoms with Crippen LogP contribution < -0.4 is 4.74 Å². The lowest BCUT2D eigenvalue weighted by Crippen LogP contribution is -2.50. The summed E-state index contributed by atoms with van der Waals surface area (Å²) in [5, 5.41) is 11.2. The molecule has 1 atom stereocenters. The van der Waals surface area contributed by atoms with Crippen molar-refractivity contribution in [3.05, 3.63) is 33.9 Å². The van der Waals surface area contributed by atoms with Crippen LogP contribution in [-0.4, -0.2) is 54.9 Å². The molecule has 1 amide bonds. The molecule has 24 heavy (non-hydrogen) atoms. The first-order chi connectivity index (χ1) is 11.6. The first kappa shape index (κ1) is 16.7. The largest absolute Gasteiger partial charge is 0.490 e. The number of hydrogen-bond donors (Lipinski definition) is 0. The Bertz CT molecular complexity index is 629. The Labute approximate surface area is 139 Å². The van der Waals surface area contributed by atoms with Gasteiger partial charge in [-0.1, -0.05) is 0 Å². The summed E-state index contributed by atoms with van der Waals surface area (Å²) in [5.74, 6) is -0.112. The van der Waals surface area contributed by atoms with Gasteiger partial charge in [-0.25, -0.2) is 0 Å². The fourth-order valence-electron chi connectivity index (χ4n) is 3.22. The van der Waals surface area contributed by atoms with Crippen molar-refractivity contribution in [1.29, 1.82) is 0 Å². The van der Waals surface area contributed by atoms with E-state index in [-0.39, 0.29) is 28.9 Å². The summed E-state index contributed by atoms with van der Waals surface area (Å²) < 4.78 is 16.1. The zero-order valence-electron chi connectivity index (χ0n) is 13.5. The van der Waals surface area contributed by atoms with Gasteiger partial charge in [0.2, 0.25) is 0 Å². The molecule has 0 bridgehead atoms. The van der Waals surface area contributed by atoms with Gasteiger partial charge in [-0.05, 0) is 31.4 Å². The number of likely N-dealkylation sites (tertiary alicyclic amines) is 1. The molecule has 0 radical (unpaired) electrons. The van der Waals surface area contributed by atoms with Crippen molar-refractivity contribution in [3.8, 4) is 5.75 Å². The maximum absolute atomic E-state index is 12.9. The Morgan fingerprint density at radius 2 is 2.08 bits per heavy atom. The Balaban J connectivity index is 1.86. The summed E-state index contributed by atoms with van der Waals surface area (Å²) in [5.41, 5.74) is 0.0534. The number of benzene rings is 1. The fourth-order valence-corrected chi connectivity index (χ4v) is 3.22. The van der Waals surface area contributed by atoms with E-state index >= 15 is 0 Å². The average molecular weight is 336 g/mol. The van der Waals surface area contributed by atoms with Crippen LogP contribution in [-0.2, 0) is 9.47 Å². The zero-order chi connectivity index (χ0) is 17.1. The van der Waals surface area contributed by atoms with E-state index in [2.05, 4.69) is 0 Å². The molecule has 1 aromatic carbocycles. The number of rotatable bonds is 4. The van der Waals surface area contributed by atoms with Crippen molar-refractivity contribution in [3.63, 3.8) is 0 Å². The van der Waals surface area contributed by atoms with E-state index < -0.39 is 11.2 Å². The second-order valence-electron chi connectivity index (χ2n) is 5.82. The smallest absolute Gasteiger partial charge is 0.311 e. The molecule has 0 spiro atoms. The molecule has 0 aliphatic carbocycles. The van der Waals surface area contributed by atoms with Gasteiger partial charge in [0.05, 0.1) is 31.3 Å². The highest BCUT2D eigenvalue weighted by molar-refractivity contribution is 5.95. The minimum absolute atomic E-state index is 0.134. The first-order valence-corrected chi connectivity index (χ1v) is 7.98. The number of carbonyl (C=O) groups excluding carboxylic acids is 1. The SMILES string of the molecule is COc1ccc(C(=O)N2CCCCC2C2OCCO2)cc1[N+](=O)[O-]. The number of nitro benzene ring substituents is 1. The molecule has 1 unspecified atom stereocenters. The van der Waals surface area contributed by atoms with Gasteiger partial charge >= 0.3 is 5.69 Å². The van der Waals surface area contributed by atoms with E-state index in [1.54, 1.807) is 11.0 Å². The molecule has 2 heterocycles. The van der Waals surface area contributed by atoms with E-state index in [0.29, 0.717) is 19.8 Å². The highest BCUT2D eigenvalue weighted by Gasteiger charge is 2.37. The normalized spacial score (nSPS) is 21.7. The Morgan fingerprint density at radius 3 is 2.75 bits per heavy atom. The monoisotopic (exact) mass is 336 g/mol. The molecule has 8 nitrogen and oxygen atoms in total. The number of piperidine rings is 1. The van der Waals surface area contributed by atoms with E-state index in [1.807, 2.05) is 0 Å². The Kier molecular flexibility index (Phi) is 4.96. The molecular formula is C16H20N2O6. The van der Waals surface area contributed by atoms with Crippen molar-refractivity contribution in [2.45, 2.75) is 31.6 Å².